The van der Waals surface area contributed by atoms with E-state index in [2.05, 4.69) is 35.2 Å². The number of hydrogen-bond acceptors (Lipinski definition) is 1. The molecule has 1 aliphatic rings. The van der Waals surface area contributed by atoms with Crippen LogP contribution in [0.4, 0.5) is 13.2 Å². The van der Waals surface area contributed by atoms with Gasteiger partial charge < -0.3 is 4.90 Å². The molecule has 0 unspecified atom stereocenters. The zero-order chi connectivity index (χ0) is 14.2. The van der Waals surface area contributed by atoms with Crippen LogP contribution in [0.25, 0.3) is 5.70 Å². The molecule has 20 heavy (non-hydrogen) atoms. The largest absolute Gasteiger partial charge is 0.375 e. The average Bonchev–Trinajstić information content (AvgIpc) is 2.38. The number of hydrogen-bond donors (Lipinski definition) is 0. The van der Waals surface area contributed by atoms with Crippen molar-refractivity contribution in [1.29, 1.82) is 0 Å². The molecule has 0 saturated carbocycles. The Morgan fingerprint density at radius 1 is 1.25 bits per heavy atom. The summed E-state index contributed by atoms with van der Waals surface area (Å²) in [6.07, 6.45) is 4.63. The van der Waals surface area contributed by atoms with Gasteiger partial charge in [-0.3, -0.25) is 0 Å². The van der Waals surface area contributed by atoms with Gasteiger partial charge >= 0.3 is 0 Å². The van der Waals surface area contributed by atoms with Crippen LogP contribution in [0.1, 0.15) is 12.5 Å². The van der Waals surface area contributed by atoms with Crippen molar-refractivity contribution in [3.05, 3.63) is 63.2 Å². The van der Waals surface area contributed by atoms with Crippen LogP contribution in [0.2, 0.25) is 0 Å². The summed E-state index contributed by atoms with van der Waals surface area (Å²) in [5, 5.41) is 0. The zero-order valence-electron chi connectivity index (χ0n) is 10.7. The van der Waals surface area contributed by atoms with Gasteiger partial charge in [0.2, 0.25) is 0 Å². The van der Waals surface area contributed by atoms with Gasteiger partial charge in [-0.15, -0.1) is 22.6 Å². The maximum absolute atomic E-state index is 13.3. The van der Waals surface area contributed by atoms with Crippen LogP contribution in [0.5, 0.6) is 0 Å². The van der Waals surface area contributed by atoms with Crippen LogP contribution in [0.3, 0.4) is 0 Å². The van der Waals surface area contributed by atoms with E-state index in [1.165, 1.54) is 0 Å². The molecule has 1 nitrogen and oxygen atoms in total. The van der Waals surface area contributed by atoms with Gasteiger partial charge in [-0.25, -0.2) is 13.2 Å². The van der Waals surface area contributed by atoms with E-state index in [0.29, 0.717) is 12.2 Å². The summed E-state index contributed by atoms with van der Waals surface area (Å²) in [6.45, 7) is 6.37. The van der Waals surface area contributed by atoms with Crippen molar-refractivity contribution in [2.75, 3.05) is 6.54 Å². The summed E-state index contributed by atoms with van der Waals surface area (Å²) in [5.74, 6) is -3.89. The van der Waals surface area contributed by atoms with Gasteiger partial charge in [-0.2, -0.15) is 12.2 Å². The predicted molar refractivity (Wildman–Crippen MR) is 76.6 cm³/mol. The fraction of sp³-hybridized carbons (Fsp3) is 0.143. The van der Waals surface area contributed by atoms with E-state index in [-0.39, 0.29) is 38.3 Å². The van der Waals surface area contributed by atoms with E-state index < -0.39 is 17.5 Å². The molecule has 0 atom stereocenters. The molecule has 2 rings (SSSR count). The number of nitrogens with zero attached hydrogens (tertiary/aromatic N) is 1. The van der Waals surface area contributed by atoms with Gasteiger partial charge in [0.1, 0.15) is 0 Å². The second kappa shape index (κ2) is 7.23. The molecule has 0 bridgehead atoms. The van der Waals surface area contributed by atoms with E-state index >= 15 is 0 Å². The van der Waals surface area contributed by atoms with Crippen molar-refractivity contribution in [3.63, 3.8) is 0 Å². The molecule has 1 aliphatic heterocycles. The molecule has 0 aliphatic carbocycles. The van der Waals surface area contributed by atoms with Crippen LogP contribution in [-0.4, -0.2) is 11.4 Å². The summed E-state index contributed by atoms with van der Waals surface area (Å²) in [6, 6.07) is 1.92. The Bertz CT molecular complexity index is 587. The monoisotopic (exact) mass is 465 g/mol. The SMILES string of the molecule is C=C1C(I)=C[C-]=C(c2cc(F)c(F)c(F)c2)N1CC.[Y]. The summed E-state index contributed by atoms with van der Waals surface area (Å²) in [7, 11) is 0. The van der Waals surface area contributed by atoms with Crippen LogP contribution in [-0.2, 0) is 32.7 Å². The van der Waals surface area contributed by atoms with E-state index in [9.17, 15) is 13.2 Å². The Kier molecular flexibility index (Phi) is 6.47. The Hall–Kier alpha value is -0.136. The Morgan fingerprint density at radius 2 is 1.80 bits per heavy atom. The maximum atomic E-state index is 13.3. The minimum absolute atomic E-state index is 0. The molecule has 1 aromatic carbocycles. The number of halogens is 4. The Labute approximate surface area is 154 Å². The fourth-order valence-corrected chi connectivity index (χ4v) is 2.28. The minimum Gasteiger partial charge on any atom is -0.375 e. The summed E-state index contributed by atoms with van der Waals surface area (Å²) < 4.78 is 40.4. The van der Waals surface area contributed by atoms with Gasteiger partial charge in [-0.1, -0.05) is 33.6 Å². The number of allylic oxidation sites excluding steroid dienone is 3. The molecule has 0 spiro atoms. The predicted octanol–water partition coefficient (Wildman–Crippen LogP) is 4.41. The third-order valence-corrected chi connectivity index (χ3v) is 3.71. The molecular formula is C14H10F3INY-. The van der Waals surface area contributed by atoms with Gasteiger partial charge in [0.25, 0.3) is 0 Å². The number of rotatable bonds is 2. The number of likely N-dealkylation sites (N-methyl/N-ethyl adjacent to an activating group) is 1. The molecule has 103 valence electrons. The first-order chi connectivity index (χ1) is 8.95. The van der Waals surface area contributed by atoms with Gasteiger partial charge in [0, 0.05) is 39.3 Å². The van der Waals surface area contributed by atoms with E-state index in [4.69, 9.17) is 0 Å². The first-order valence-electron chi connectivity index (χ1n) is 5.56. The summed E-state index contributed by atoms with van der Waals surface area (Å²) in [5.41, 5.74) is 1.44. The Balaban J connectivity index is 0.00000200. The van der Waals surface area contributed by atoms with E-state index in [1.807, 2.05) is 6.92 Å². The molecule has 0 aromatic heterocycles. The normalized spacial score (nSPS) is 14.7. The van der Waals surface area contributed by atoms with Crippen LogP contribution in [0, 0.1) is 23.5 Å². The molecule has 1 radical (unpaired) electrons. The molecule has 0 N–H and O–H groups in total. The topological polar surface area (TPSA) is 3.24 Å². The molecule has 1 heterocycles. The van der Waals surface area contributed by atoms with E-state index in [0.717, 1.165) is 21.4 Å². The molecule has 1 aromatic rings. The number of benzene rings is 1. The average molecular weight is 465 g/mol. The van der Waals surface area contributed by atoms with E-state index in [1.54, 1.807) is 11.0 Å². The van der Waals surface area contributed by atoms with Crippen LogP contribution >= 0.6 is 22.6 Å². The van der Waals surface area contributed by atoms with Crippen LogP contribution in [0.15, 0.2) is 34.1 Å². The molecule has 0 fully saturated rings. The quantitative estimate of drug-likeness (QED) is 0.356. The summed E-state index contributed by atoms with van der Waals surface area (Å²) >= 11 is 2.11. The summed E-state index contributed by atoms with van der Waals surface area (Å²) in [4.78, 5) is 1.77. The first-order valence-corrected chi connectivity index (χ1v) is 6.64. The third kappa shape index (κ3) is 3.36. The van der Waals surface area contributed by atoms with Crippen LogP contribution < -0.4 is 0 Å². The second-order valence-electron chi connectivity index (χ2n) is 3.93. The Morgan fingerprint density at radius 3 is 2.30 bits per heavy atom. The van der Waals surface area contributed by atoms with Crippen molar-refractivity contribution in [1.82, 2.24) is 4.90 Å². The standard InChI is InChI=1S/C14H10F3IN.Y/c1-3-19-8(2)12(18)4-5-13(19)9-6-10(15)14(17)11(16)7-9;/h4,6-7H,2-3H2,1H3;/q-1;. The van der Waals surface area contributed by atoms with Gasteiger partial charge in [0.05, 0.1) is 0 Å². The third-order valence-electron chi connectivity index (χ3n) is 2.78. The van der Waals surface area contributed by atoms with Crippen molar-refractivity contribution in [3.8, 4) is 0 Å². The molecule has 0 saturated heterocycles. The van der Waals surface area contributed by atoms with Crippen molar-refractivity contribution >= 4 is 28.3 Å². The van der Waals surface area contributed by atoms with Gasteiger partial charge in [0.15, 0.2) is 17.5 Å². The second-order valence-corrected chi connectivity index (χ2v) is 5.09. The molecule has 6 heteroatoms. The fourth-order valence-electron chi connectivity index (χ4n) is 1.84. The minimum atomic E-state index is -1.47. The van der Waals surface area contributed by atoms with Crippen molar-refractivity contribution < 1.29 is 45.9 Å². The molecular weight excluding hydrogens is 455 g/mol. The smallest absolute Gasteiger partial charge is 0.192 e. The van der Waals surface area contributed by atoms with Crippen molar-refractivity contribution in [2.45, 2.75) is 6.92 Å². The maximum Gasteiger partial charge on any atom is 0.192 e. The zero-order valence-corrected chi connectivity index (χ0v) is 15.7. The van der Waals surface area contributed by atoms with Crippen molar-refractivity contribution in [2.24, 2.45) is 0 Å². The first kappa shape index (κ1) is 17.9. The van der Waals surface area contributed by atoms with Gasteiger partial charge in [-0.05, 0) is 12.6 Å². The molecule has 0 amide bonds.